The Morgan fingerprint density at radius 3 is 2.94 bits per heavy atom. The number of piperidine rings is 1. The zero-order chi connectivity index (χ0) is 12.3. The predicted molar refractivity (Wildman–Crippen MR) is 71.6 cm³/mol. The van der Waals surface area contributed by atoms with Gasteiger partial charge in [0.25, 0.3) is 0 Å². The number of carbonyl (C=O) groups excluding carboxylic acids is 1. The molecule has 2 rings (SSSR count). The first-order valence-electron chi connectivity index (χ1n) is 5.88. The summed E-state index contributed by atoms with van der Waals surface area (Å²) in [5, 5.41) is 9.38. The maximum atomic E-state index is 10.8. The molecule has 1 N–H and O–H groups in total. The average molecular weight is 298 g/mol. The SMILES string of the molecule is O=Cc1ccc(N2CCCCC2CO)cc1Br. The first kappa shape index (κ1) is 12.6. The van der Waals surface area contributed by atoms with Gasteiger partial charge in [0.2, 0.25) is 0 Å². The fourth-order valence-corrected chi connectivity index (χ4v) is 2.78. The number of benzene rings is 1. The van der Waals surface area contributed by atoms with Crippen molar-refractivity contribution in [1.82, 2.24) is 0 Å². The van der Waals surface area contributed by atoms with E-state index in [2.05, 4.69) is 20.8 Å². The van der Waals surface area contributed by atoms with Crippen molar-refractivity contribution in [3.8, 4) is 0 Å². The maximum Gasteiger partial charge on any atom is 0.151 e. The summed E-state index contributed by atoms with van der Waals surface area (Å²) in [6, 6.07) is 5.92. The van der Waals surface area contributed by atoms with E-state index in [-0.39, 0.29) is 12.6 Å². The molecule has 0 spiro atoms. The van der Waals surface area contributed by atoms with Gasteiger partial charge in [0.15, 0.2) is 6.29 Å². The lowest BCUT2D eigenvalue weighted by Gasteiger charge is -2.36. The number of hydrogen-bond acceptors (Lipinski definition) is 3. The number of nitrogens with zero attached hydrogens (tertiary/aromatic N) is 1. The van der Waals surface area contributed by atoms with E-state index in [0.717, 1.165) is 35.8 Å². The second kappa shape index (κ2) is 5.65. The van der Waals surface area contributed by atoms with E-state index in [1.165, 1.54) is 6.42 Å². The number of anilines is 1. The molecule has 0 aromatic heterocycles. The van der Waals surface area contributed by atoms with Crippen LogP contribution in [0.5, 0.6) is 0 Å². The van der Waals surface area contributed by atoms with Crippen LogP contribution in [0.2, 0.25) is 0 Å². The highest BCUT2D eigenvalue weighted by atomic mass is 79.9. The third-order valence-corrected chi connectivity index (χ3v) is 3.97. The number of aldehydes is 1. The Labute approximate surface area is 110 Å². The van der Waals surface area contributed by atoms with Gasteiger partial charge in [-0.25, -0.2) is 0 Å². The van der Waals surface area contributed by atoms with Gasteiger partial charge in [-0.2, -0.15) is 0 Å². The van der Waals surface area contributed by atoms with Crippen LogP contribution in [0.3, 0.4) is 0 Å². The number of carbonyl (C=O) groups is 1. The second-order valence-corrected chi connectivity index (χ2v) is 5.20. The molecule has 1 fully saturated rings. The highest BCUT2D eigenvalue weighted by Gasteiger charge is 2.22. The normalized spacial score (nSPS) is 20.4. The van der Waals surface area contributed by atoms with E-state index in [9.17, 15) is 9.90 Å². The van der Waals surface area contributed by atoms with Crippen molar-refractivity contribution < 1.29 is 9.90 Å². The minimum Gasteiger partial charge on any atom is -0.394 e. The molecule has 1 aromatic carbocycles. The first-order chi connectivity index (χ1) is 8.26. The van der Waals surface area contributed by atoms with Crippen LogP contribution in [0.1, 0.15) is 29.6 Å². The van der Waals surface area contributed by atoms with Crippen LogP contribution in [0, 0.1) is 0 Å². The topological polar surface area (TPSA) is 40.5 Å². The van der Waals surface area contributed by atoms with Crippen LogP contribution in [0.15, 0.2) is 22.7 Å². The van der Waals surface area contributed by atoms with Gasteiger partial charge in [-0.05, 0) is 53.4 Å². The molecule has 1 heterocycles. The van der Waals surface area contributed by atoms with Gasteiger partial charge in [0.1, 0.15) is 0 Å². The van der Waals surface area contributed by atoms with Crippen molar-refractivity contribution in [2.75, 3.05) is 18.1 Å². The highest BCUT2D eigenvalue weighted by Crippen LogP contribution is 2.28. The summed E-state index contributed by atoms with van der Waals surface area (Å²) < 4.78 is 0.812. The van der Waals surface area contributed by atoms with Crippen molar-refractivity contribution in [3.05, 3.63) is 28.2 Å². The fourth-order valence-electron chi connectivity index (χ4n) is 2.32. The lowest BCUT2D eigenvalue weighted by molar-refractivity contribution is 0.112. The number of hydrogen-bond donors (Lipinski definition) is 1. The largest absolute Gasteiger partial charge is 0.394 e. The van der Waals surface area contributed by atoms with Crippen LogP contribution in [-0.4, -0.2) is 30.6 Å². The molecule has 17 heavy (non-hydrogen) atoms. The lowest BCUT2D eigenvalue weighted by Crippen LogP contribution is -2.41. The minimum atomic E-state index is 0.188. The van der Waals surface area contributed by atoms with E-state index in [1.54, 1.807) is 0 Å². The average Bonchev–Trinajstić information content (AvgIpc) is 2.38. The Balaban J connectivity index is 2.25. The second-order valence-electron chi connectivity index (χ2n) is 4.35. The van der Waals surface area contributed by atoms with Gasteiger partial charge < -0.3 is 10.0 Å². The third kappa shape index (κ3) is 2.69. The molecule has 0 amide bonds. The Morgan fingerprint density at radius 2 is 2.29 bits per heavy atom. The van der Waals surface area contributed by atoms with E-state index < -0.39 is 0 Å². The first-order valence-corrected chi connectivity index (χ1v) is 6.68. The zero-order valence-corrected chi connectivity index (χ0v) is 11.2. The van der Waals surface area contributed by atoms with E-state index in [1.807, 2.05) is 18.2 Å². The van der Waals surface area contributed by atoms with Crippen LogP contribution in [0.25, 0.3) is 0 Å². The number of halogens is 1. The molecule has 1 saturated heterocycles. The molecular formula is C13H16BrNO2. The van der Waals surface area contributed by atoms with Crippen molar-refractivity contribution in [2.45, 2.75) is 25.3 Å². The summed E-state index contributed by atoms with van der Waals surface area (Å²) in [4.78, 5) is 13.0. The summed E-state index contributed by atoms with van der Waals surface area (Å²) in [5.74, 6) is 0. The third-order valence-electron chi connectivity index (χ3n) is 3.28. The van der Waals surface area contributed by atoms with Crippen LogP contribution < -0.4 is 4.90 Å². The molecule has 1 aromatic rings. The van der Waals surface area contributed by atoms with Gasteiger partial charge in [0.05, 0.1) is 12.6 Å². The van der Waals surface area contributed by atoms with E-state index >= 15 is 0 Å². The molecule has 3 nitrogen and oxygen atoms in total. The molecule has 1 aliphatic rings. The molecule has 0 bridgehead atoms. The standard InChI is InChI=1S/C13H16BrNO2/c14-13-7-11(5-4-10(13)8-16)15-6-2-1-3-12(15)9-17/h4-5,7-8,12,17H,1-3,6,9H2. The molecule has 1 aliphatic heterocycles. The summed E-state index contributed by atoms with van der Waals surface area (Å²) in [5.41, 5.74) is 1.73. The lowest BCUT2D eigenvalue weighted by atomic mass is 10.0. The molecule has 92 valence electrons. The highest BCUT2D eigenvalue weighted by molar-refractivity contribution is 9.10. The summed E-state index contributed by atoms with van der Waals surface area (Å²) >= 11 is 3.40. The molecule has 4 heteroatoms. The molecule has 0 saturated carbocycles. The molecule has 0 radical (unpaired) electrons. The van der Waals surface area contributed by atoms with Crippen LogP contribution in [0.4, 0.5) is 5.69 Å². The summed E-state index contributed by atoms with van der Waals surface area (Å²) in [7, 11) is 0. The fraction of sp³-hybridized carbons (Fsp3) is 0.462. The number of aliphatic hydroxyl groups excluding tert-OH is 1. The Morgan fingerprint density at radius 1 is 1.47 bits per heavy atom. The number of aliphatic hydroxyl groups is 1. The molecule has 1 atom stereocenters. The van der Waals surface area contributed by atoms with E-state index in [0.29, 0.717) is 5.56 Å². The molecule has 0 aliphatic carbocycles. The van der Waals surface area contributed by atoms with Crippen molar-refractivity contribution in [1.29, 1.82) is 0 Å². The summed E-state index contributed by atoms with van der Waals surface area (Å²) in [6.45, 7) is 1.16. The Bertz CT molecular complexity index is 408. The van der Waals surface area contributed by atoms with Gasteiger partial charge >= 0.3 is 0 Å². The van der Waals surface area contributed by atoms with Crippen molar-refractivity contribution in [2.24, 2.45) is 0 Å². The quantitative estimate of drug-likeness (QED) is 0.872. The molecule has 1 unspecified atom stereocenters. The van der Waals surface area contributed by atoms with Crippen LogP contribution >= 0.6 is 15.9 Å². The molecular weight excluding hydrogens is 282 g/mol. The Hall–Kier alpha value is -0.870. The van der Waals surface area contributed by atoms with E-state index in [4.69, 9.17) is 0 Å². The van der Waals surface area contributed by atoms with Gasteiger partial charge in [-0.1, -0.05) is 0 Å². The maximum absolute atomic E-state index is 10.8. The van der Waals surface area contributed by atoms with Crippen LogP contribution in [-0.2, 0) is 0 Å². The predicted octanol–water partition coefficient (Wildman–Crippen LogP) is 2.61. The monoisotopic (exact) mass is 297 g/mol. The van der Waals surface area contributed by atoms with Crippen molar-refractivity contribution in [3.63, 3.8) is 0 Å². The van der Waals surface area contributed by atoms with Gasteiger partial charge in [0, 0.05) is 22.3 Å². The number of rotatable bonds is 3. The minimum absolute atomic E-state index is 0.188. The Kier molecular flexibility index (Phi) is 4.18. The summed E-state index contributed by atoms with van der Waals surface area (Å²) in [6.07, 6.45) is 4.20. The zero-order valence-electron chi connectivity index (χ0n) is 9.60. The van der Waals surface area contributed by atoms with Gasteiger partial charge in [-0.15, -0.1) is 0 Å². The van der Waals surface area contributed by atoms with Gasteiger partial charge in [-0.3, -0.25) is 4.79 Å². The van der Waals surface area contributed by atoms with Crippen molar-refractivity contribution >= 4 is 27.9 Å². The smallest absolute Gasteiger partial charge is 0.151 e.